The van der Waals surface area contributed by atoms with Crippen LogP contribution < -0.4 is 0 Å². The molecule has 4 fully saturated rings. The average molecular weight is 262 g/mol. The molecule has 106 valence electrons. The highest BCUT2D eigenvalue weighted by atomic mass is 16.3. The Morgan fingerprint density at radius 2 is 1.42 bits per heavy atom. The van der Waals surface area contributed by atoms with Crippen molar-refractivity contribution in [2.45, 2.75) is 63.9 Å². The van der Waals surface area contributed by atoms with E-state index >= 15 is 0 Å². The summed E-state index contributed by atoms with van der Waals surface area (Å²) in [5.41, 5.74) is 0. The maximum Gasteiger partial charge on any atom is 0.133 e. The summed E-state index contributed by atoms with van der Waals surface area (Å²) in [6.07, 6.45) is 10.4. The molecule has 4 aliphatic carbocycles. The maximum atomic E-state index is 11.8. The number of aliphatic hydroxyl groups is 1. The molecule has 0 bridgehead atoms. The molecular weight excluding hydrogens is 236 g/mol. The lowest BCUT2D eigenvalue weighted by atomic mass is 9.53. The Kier molecular flexibility index (Phi) is 2.98. The van der Waals surface area contributed by atoms with Crippen LogP contribution in [0, 0.1) is 35.5 Å². The zero-order valence-electron chi connectivity index (χ0n) is 11.8. The number of carbonyl (C=O) groups is 1. The predicted octanol–water partition coefficient (Wildman–Crippen LogP) is 3.18. The molecule has 2 nitrogen and oxygen atoms in total. The molecule has 4 saturated carbocycles. The van der Waals surface area contributed by atoms with Gasteiger partial charge in [0, 0.05) is 12.8 Å². The molecule has 2 heteroatoms. The summed E-state index contributed by atoms with van der Waals surface area (Å²) in [6, 6.07) is 0. The summed E-state index contributed by atoms with van der Waals surface area (Å²) in [5.74, 6) is 5.41. The van der Waals surface area contributed by atoms with Crippen LogP contribution in [0.25, 0.3) is 0 Å². The fourth-order valence-electron chi connectivity index (χ4n) is 6.24. The topological polar surface area (TPSA) is 37.3 Å². The first-order chi connectivity index (χ1) is 9.22. The second-order valence-electron chi connectivity index (χ2n) is 7.74. The van der Waals surface area contributed by atoms with E-state index in [4.69, 9.17) is 0 Å². The fourth-order valence-corrected chi connectivity index (χ4v) is 6.24. The van der Waals surface area contributed by atoms with Crippen molar-refractivity contribution in [2.24, 2.45) is 35.5 Å². The molecule has 0 saturated heterocycles. The van der Waals surface area contributed by atoms with Gasteiger partial charge in [-0.1, -0.05) is 0 Å². The van der Waals surface area contributed by atoms with Crippen LogP contribution in [-0.4, -0.2) is 17.0 Å². The standard InChI is InChI=1S/C17H26O2/c18-12-3-6-14-10(7-12)1-5-16-15(14)4-2-11-8-13(19)9-17(11)16/h10-12,14-18H,1-9H2/t10-,11+,12+,14-,15+,16+,17+/m1/s1. The van der Waals surface area contributed by atoms with Crippen LogP contribution in [0.4, 0.5) is 0 Å². The third-order valence-electron chi connectivity index (χ3n) is 6.96. The van der Waals surface area contributed by atoms with Crippen molar-refractivity contribution in [1.29, 1.82) is 0 Å². The van der Waals surface area contributed by atoms with Gasteiger partial charge in [-0.15, -0.1) is 0 Å². The van der Waals surface area contributed by atoms with E-state index in [2.05, 4.69) is 0 Å². The Morgan fingerprint density at radius 3 is 2.26 bits per heavy atom. The summed E-state index contributed by atoms with van der Waals surface area (Å²) in [5, 5.41) is 9.88. The van der Waals surface area contributed by atoms with Crippen molar-refractivity contribution in [1.82, 2.24) is 0 Å². The molecule has 1 N–H and O–H groups in total. The second-order valence-corrected chi connectivity index (χ2v) is 7.74. The molecule has 19 heavy (non-hydrogen) atoms. The Labute approximate surface area is 116 Å². The summed E-state index contributed by atoms with van der Waals surface area (Å²) in [7, 11) is 0. The lowest BCUT2D eigenvalue weighted by Crippen LogP contribution is -2.45. The molecule has 4 rings (SSSR count). The van der Waals surface area contributed by atoms with E-state index in [-0.39, 0.29) is 6.10 Å². The Bertz CT molecular complexity index is 377. The van der Waals surface area contributed by atoms with Gasteiger partial charge < -0.3 is 5.11 Å². The van der Waals surface area contributed by atoms with Crippen molar-refractivity contribution in [3.8, 4) is 0 Å². The molecule has 0 aliphatic heterocycles. The molecule has 0 radical (unpaired) electrons. The Morgan fingerprint density at radius 1 is 0.737 bits per heavy atom. The number of fused-ring (bicyclic) bond motifs is 5. The van der Waals surface area contributed by atoms with E-state index in [1.807, 2.05) is 0 Å². The second kappa shape index (κ2) is 4.58. The molecule has 0 aromatic rings. The highest BCUT2D eigenvalue weighted by Gasteiger charge is 2.50. The van der Waals surface area contributed by atoms with Crippen LogP contribution in [0.1, 0.15) is 57.8 Å². The van der Waals surface area contributed by atoms with E-state index < -0.39 is 0 Å². The van der Waals surface area contributed by atoms with Gasteiger partial charge in [-0.2, -0.15) is 0 Å². The number of ketones is 1. The van der Waals surface area contributed by atoms with Crippen molar-refractivity contribution in [3.05, 3.63) is 0 Å². The van der Waals surface area contributed by atoms with Gasteiger partial charge in [0.1, 0.15) is 5.78 Å². The van der Waals surface area contributed by atoms with Crippen LogP contribution in [-0.2, 0) is 4.79 Å². The molecule has 0 aromatic carbocycles. The van der Waals surface area contributed by atoms with Gasteiger partial charge in [0.15, 0.2) is 0 Å². The smallest absolute Gasteiger partial charge is 0.133 e. The molecule has 0 heterocycles. The van der Waals surface area contributed by atoms with Gasteiger partial charge in [-0.05, 0) is 80.5 Å². The largest absolute Gasteiger partial charge is 0.393 e. The minimum atomic E-state index is -0.0257. The van der Waals surface area contributed by atoms with Crippen LogP contribution in [0.3, 0.4) is 0 Å². The molecule has 0 aromatic heterocycles. The van der Waals surface area contributed by atoms with Crippen LogP contribution in [0.15, 0.2) is 0 Å². The van der Waals surface area contributed by atoms with Crippen LogP contribution >= 0.6 is 0 Å². The summed E-state index contributed by atoms with van der Waals surface area (Å²) in [6.45, 7) is 0. The quantitative estimate of drug-likeness (QED) is 0.728. The van der Waals surface area contributed by atoms with E-state index in [0.29, 0.717) is 5.78 Å². The van der Waals surface area contributed by atoms with Gasteiger partial charge >= 0.3 is 0 Å². The summed E-state index contributed by atoms with van der Waals surface area (Å²) >= 11 is 0. The molecule has 0 unspecified atom stereocenters. The van der Waals surface area contributed by atoms with Gasteiger partial charge in [0.2, 0.25) is 0 Å². The normalized spacial score (nSPS) is 53.3. The van der Waals surface area contributed by atoms with Crippen LogP contribution in [0.2, 0.25) is 0 Å². The number of carbonyl (C=O) groups excluding carboxylic acids is 1. The zero-order chi connectivity index (χ0) is 13.0. The number of hydrogen-bond donors (Lipinski definition) is 1. The predicted molar refractivity (Wildman–Crippen MR) is 73.5 cm³/mol. The average Bonchev–Trinajstić information content (AvgIpc) is 2.78. The minimum Gasteiger partial charge on any atom is -0.393 e. The highest BCUT2D eigenvalue weighted by molar-refractivity contribution is 5.81. The summed E-state index contributed by atoms with van der Waals surface area (Å²) in [4.78, 5) is 11.8. The van der Waals surface area contributed by atoms with Crippen molar-refractivity contribution in [3.63, 3.8) is 0 Å². The van der Waals surface area contributed by atoms with Gasteiger partial charge in [0.05, 0.1) is 6.10 Å². The fraction of sp³-hybridized carbons (Fsp3) is 0.941. The number of hydrogen-bond acceptors (Lipinski definition) is 2. The van der Waals surface area contributed by atoms with Gasteiger partial charge in [-0.3, -0.25) is 4.79 Å². The lowest BCUT2D eigenvalue weighted by Gasteiger charge is -2.52. The number of Topliss-reactive ketones (excluding diaryl/α,β-unsaturated/α-hetero) is 1. The highest BCUT2D eigenvalue weighted by Crippen LogP contribution is 2.57. The number of rotatable bonds is 0. The van der Waals surface area contributed by atoms with Crippen LogP contribution in [0.5, 0.6) is 0 Å². The molecule has 0 spiro atoms. The van der Waals surface area contributed by atoms with E-state index in [9.17, 15) is 9.90 Å². The molecule has 7 atom stereocenters. The summed E-state index contributed by atoms with van der Waals surface area (Å²) < 4.78 is 0. The molecular formula is C17H26O2. The minimum absolute atomic E-state index is 0.0257. The zero-order valence-corrected chi connectivity index (χ0v) is 11.8. The van der Waals surface area contributed by atoms with Gasteiger partial charge in [-0.25, -0.2) is 0 Å². The van der Waals surface area contributed by atoms with Gasteiger partial charge in [0.25, 0.3) is 0 Å². The van der Waals surface area contributed by atoms with E-state index in [0.717, 1.165) is 61.2 Å². The van der Waals surface area contributed by atoms with E-state index in [1.54, 1.807) is 0 Å². The number of aliphatic hydroxyl groups excluding tert-OH is 1. The molecule has 0 amide bonds. The first-order valence-electron chi connectivity index (χ1n) is 8.42. The first-order valence-corrected chi connectivity index (χ1v) is 8.42. The van der Waals surface area contributed by atoms with Crippen molar-refractivity contribution >= 4 is 5.78 Å². The maximum absolute atomic E-state index is 11.8. The third kappa shape index (κ3) is 1.98. The third-order valence-corrected chi connectivity index (χ3v) is 6.96. The monoisotopic (exact) mass is 262 g/mol. The van der Waals surface area contributed by atoms with Crippen molar-refractivity contribution in [2.75, 3.05) is 0 Å². The molecule has 4 aliphatic rings. The van der Waals surface area contributed by atoms with Crippen molar-refractivity contribution < 1.29 is 9.90 Å². The first kappa shape index (κ1) is 12.4. The Hall–Kier alpha value is -0.370. The van der Waals surface area contributed by atoms with E-state index in [1.165, 1.54) is 32.1 Å². The lowest BCUT2D eigenvalue weighted by molar-refractivity contribution is -0.117. The Balaban J connectivity index is 1.54. The SMILES string of the molecule is O=C1C[C@@H]2CC[C@@H]3[C@H](CC[C@@H]4C[C@@H](O)CC[C@H]43)[C@H]2C1.